The lowest BCUT2D eigenvalue weighted by atomic mass is 10.1. The maximum atomic E-state index is 13.4. The van der Waals surface area contributed by atoms with Crippen molar-refractivity contribution in [3.63, 3.8) is 0 Å². The third-order valence-corrected chi connectivity index (χ3v) is 3.53. The van der Waals surface area contributed by atoms with Gasteiger partial charge in [0.25, 0.3) is 0 Å². The van der Waals surface area contributed by atoms with E-state index >= 15 is 0 Å². The van der Waals surface area contributed by atoms with Crippen LogP contribution in [-0.2, 0) is 13.1 Å². The molecule has 0 amide bonds. The maximum absolute atomic E-state index is 13.4. The Morgan fingerprint density at radius 2 is 1.90 bits per heavy atom. The molecule has 2 aromatic carbocycles. The van der Waals surface area contributed by atoms with Gasteiger partial charge in [-0.1, -0.05) is 6.07 Å². The molecule has 0 atom stereocenters. The predicted molar refractivity (Wildman–Crippen MR) is 77.8 cm³/mol. The van der Waals surface area contributed by atoms with Crippen molar-refractivity contribution in [2.75, 3.05) is 19.5 Å². The van der Waals surface area contributed by atoms with E-state index in [9.17, 15) is 4.39 Å². The normalized spacial score (nSPS) is 14.2. The van der Waals surface area contributed by atoms with Crippen LogP contribution in [0.3, 0.4) is 0 Å². The first-order chi connectivity index (χ1) is 9.65. The Balaban J connectivity index is 1.89. The quantitative estimate of drug-likeness (QED) is 0.925. The van der Waals surface area contributed by atoms with Crippen molar-refractivity contribution < 1.29 is 9.13 Å². The molecule has 0 unspecified atom stereocenters. The van der Waals surface area contributed by atoms with Gasteiger partial charge in [0.2, 0.25) is 0 Å². The summed E-state index contributed by atoms with van der Waals surface area (Å²) in [4.78, 5) is 2.26. The minimum absolute atomic E-state index is 0.283. The van der Waals surface area contributed by atoms with Crippen molar-refractivity contribution >= 4 is 11.4 Å². The van der Waals surface area contributed by atoms with Gasteiger partial charge in [-0.25, -0.2) is 4.39 Å². The van der Waals surface area contributed by atoms with E-state index in [-0.39, 0.29) is 5.82 Å². The fourth-order valence-electron chi connectivity index (χ4n) is 2.58. The van der Waals surface area contributed by atoms with Gasteiger partial charge in [-0.3, -0.25) is 4.90 Å². The molecule has 0 aliphatic carbocycles. The summed E-state index contributed by atoms with van der Waals surface area (Å²) in [6, 6.07) is 10.7. The molecule has 0 spiro atoms. The minimum atomic E-state index is -0.283. The van der Waals surface area contributed by atoms with Crippen LogP contribution in [0.15, 0.2) is 36.4 Å². The molecular formula is C16H17FN2O. The molecule has 2 aromatic rings. The Labute approximate surface area is 118 Å². The highest BCUT2D eigenvalue weighted by molar-refractivity contribution is 5.67. The average molecular weight is 272 g/mol. The fraction of sp³-hybridized carbons (Fsp3) is 0.250. The fourth-order valence-corrected chi connectivity index (χ4v) is 2.58. The summed E-state index contributed by atoms with van der Waals surface area (Å²) in [6.45, 7) is 1.93. The van der Waals surface area contributed by atoms with E-state index in [0.29, 0.717) is 11.4 Å². The second-order valence-corrected chi connectivity index (χ2v) is 5.13. The van der Waals surface area contributed by atoms with E-state index in [0.717, 1.165) is 18.8 Å². The van der Waals surface area contributed by atoms with Crippen molar-refractivity contribution in [2.45, 2.75) is 13.1 Å². The van der Waals surface area contributed by atoms with E-state index < -0.39 is 0 Å². The Bertz CT molecular complexity index is 642. The first-order valence-corrected chi connectivity index (χ1v) is 6.56. The molecule has 0 saturated heterocycles. The zero-order valence-corrected chi connectivity index (χ0v) is 11.6. The number of methoxy groups -OCH3 is 1. The van der Waals surface area contributed by atoms with Crippen molar-refractivity contribution in [1.29, 1.82) is 0 Å². The van der Waals surface area contributed by atoms with Gasteiger partial charge in [-0.15, -0.1) is 0 Å². The molecule has 0 bridgehead atoms. The van der Waals surface area contributed by atoms with Crippen LogP contribution in [0.5, 0.6) is 5.75 Å². The molecule has 1 N–H and O–H groups in total. The summed E-state index contributed by atoms with van der Waals surface area (Å²) < 4.78 is 18.6. The maximum Gasteiger partial charge on any atom is 0.142 e. The van der Waals surface area contributed by atoms with Crippen molar-refractivity contribution in [1.82, 2.24) is 4.90 Å². The number of nitrogens with one attached hydrogen (secondary N) is 1. The number of ether oxygens (including phenoxy) is 1. The molecule has 0 aromatic heterocycles. The van der Waals surface area contributed by atoms with Gasteiger partial charge in [0.15, 0.2) is 0 Å². The molecule has 20 heavy (non-hydrogen) atoms. The molecule has 3 rings (SSSR count). The van der Waals surface area contributed by atoms with E-state index in [4.69, 9.17) is 4.74 Å². The second-order valence-electron chi connectivity index (χ2n) is 5.13. The lowest BCUT2D eigenvalue weighted by Gasteiger charge is -2.12. The first kappa shape index (κ1) is 12.9. The highest BCUT2D eigenvalue weighted by Gasteiger charge is 2.15. The molecule has 4 heteroatoms. The largest absolute Gasteiger partial charge is 0.495 e. The van der Waals surface area contributed by atoms with Gasteiger partial charge in [-0.05, 0) is 42.4 Å². The van der Waals surface area contributed by atoms with Crippen LogP contribution in [0.4, 0.5) is 15.8 Å². The van der Waals surface area contributed by atoms with Gasteiger partial charge in [0.05, 0.1) is 12.8 Å². The van der Waals surface area contributed by atoms with Crippen LogP contribution < -0.4 is 10.1 Å². The molecule has 1 aliphatic heterocycles. The number of benzene rings is 2. The molecular weight excluding hydrogens is 255 g/mol. The molecule has 0 radical (unpaired) electrons. The van der Waals surface area contributed by atoms with Gasteiger partial charge in [0.1, 0.15) is 11.6 Å². The standard InChI is InChI=1S/C16H17FN2O/c1-19-9-11-3-5-14(7-12(11)10-19)18-15-8-13(17)4-6-16(15)20-2/h3-8,18H,9-10H2,1-2H3. The zero-order chi connectivity index (χ0) is 14.1. The van der Waals surface area contributed by atoms with Gasteiger partial charge >= 0.3 is 0 Å². The van der Waals surface area contributed by atoms with E-state index in [1.165, 1.54) is 23.3 Å². The van der Waals surface area contributed by atoms with Crippen molar-refractivity contribution in [2.24, 2.45) is 0 Å². The Hall–Kier alpha value is -2.07. The van der Waals surface area contributed by atoms with Crippen molar-refractivity contribution in [3.05, 3.63) is 53.3 Å². The summed E-state index contributed by atoms with van der Waals surface area (Å²) in [5.41, 5.74) is 4.25. The van der Waals surface area contributed by atoms with Gasteiger partial charge < -0.3 is 10.1 Å². The second kappa shape index (κ2) is 5.13. The first-order valence-electron chi connectivity index (χ1n) is 6.56. The number of fused-ring (bicyclic) bond motifs is 1. The highest BCUT2D eigenvalue weighted by atomic mass is 19.1. The Morgan fingerprint density at radius 1 is 1.10 bits per heavy atom. The molecule has 1 aliphatic rings. The molecule has 3 nitrogen and oxygen atoms in total. The van der Waals surface area contributed by atoms with E-state index in [2.05, 4.69) is 29.4 Å². The van der Waals surface area contributed by atoms with Crippen LogP contribution in [0.1, 0.15) is 11.1 Å². The number of hydrogen-bond donors (Lipinski definition) is 1. The summed E-state index contributed by atoms with van der Waals surface area (Å²) in [5.74, 6) is 0.346. The lowest BCUT2D eigenvalue weighted by molar-refractivity contribution is 0.353. The lowest BCUT2D eigenvalue weighted by Crippen LogP contribution is -2.07. The number of halogens is 1. The van der Waals surface area contributed by atoms with Crippen LogP contribution in [0.2, 0.25) is 0 Å². The van der Waals surface area contributed by atoms with Crippen LogP contribution in [-0.4, -0.2) is 19.1 Å². The average Bonchev–Trinajstić information content (AvgIpc) is 2.78. The van der Waals surface area contributed by atoms with E-state index in [1.807, 2.05) is 6.07 Å². The van der Waals surface area contributed by atoms with Crippen LogP contribution in [0, 0.1) is 5.82 Å². The molecule has 0 fully saturated rings. The number of rotatable bonds is 3. The monoisotopic (exact) mass is 272 g/mol. The summed E-state index contributed by atoms with van der Waals surface area (Å²) in [5, 5.41) is 3.23. The Morgan fingerprint density at radius 3 is 2.70 bits per heavy atom. The molecule has 1 heterocycles. The third-order valence-electron chi connectivity index (χ3n) is 3.53. The van der Waals surface area contributed by atoms with Gasteiger partial charge in [-0.2, -0.15) is 0 Å². The highest BCUT2D eigenvalue weighted by Crippen LogP contribution is 2.30. The summed E-state index contributed by atoms with van der Waals surface area (Å²) in [6.07, 6.45) is 0. The summed E-state index contributed by atoms with van der Waals surface area (Å²) >= 11 is 0. The van der Waals surface area contributed by atoms with Crippen LogP contribution >= 0.6 is 0 Å². The smallest absolute Gasteiger partial charge is 0.142 e. The number of anilines is 2. The van der Waals surface area contributed by atoms with Gasteiger partial charge in [0, 0.05) is 24.8 Å². The number of nitrogens with zero attached hydrogens (tertiary/aromatic N) is 1. The topological polar surface area (TPSA) is 24.5 Å². The molecule has 0 saturated carbocycles. The number of hydrogen-bond acceptors (Lipinski definition) is 3. The SMILES string of the molecule is COc1ccc(F)cc1Nc1ccc2c(c1)CN(C)C2. The summed E-state index contributed by atoms with van der Waals surface area (Å²) in [7, 11) is 3.68. The molecule has 104 valence electrons. The van der Waals surface area contributed by atoms with E-state index in [1.54, 1.807) is 13.2 Å². The predicted octanol–water partition coefficient (Wildman–Crippen LogP) is 3.52. The van der Waals surface area contributed by atoms with Crippen LogP contribution in [0.25, 0.3) is 0 Å². The Kier molecular flexibility index (Phi) is 3.32. The van der Waals surface area contributed by atoms with Crippen molar-refractivity contribution in [3.8, 4) is 5.75 Å². The third kappa shape index (κ3) is 2.47. The zero-order valence-electron chi connectivity index (χ0n) is 11.6. The minimum Gasteiger partial charge on any atom is -0.495 e.